The fourth-order valence-corrected chi connectivity index (χ4v) is 4.19. The van der Waals surface area contributed by atoms with Gasteiger partial charge < -0.3 is 4.90 Å². The van der Waals surface area contributed by atoms with E-state index in [9.17, 15) is 0 Å². The Hall–Kier alpha value is -0.560. The second-order valence-corrected chi connectivity index (χ2v) is 9.55. The fraction of sp³-hybridized carbons (Fsp3) is 0.862. The first-order valence-corrected chi connectivity index (χ1v) is 13.7. The Labute approximate surface area is 191 Å². The normalized spacial score (nSPS) is 13.2. The molecule has 0 aromatic carbocycles. The van der Waals surface area contributed by atoms with Crippen molar-refractivity contribution in [3.63, 3.8) is 0 Å². The van der Waals surface area contributed by atoms with Crippen molar-refractivity contribution < 1.29 is 0 Å². The van der Waals surface area contributed by atoms with Crippen LogP contribution in [0.5, 0.6) is 0 Å². The van der Waals surface area contributed by atoms with Crippen LogP contribution < -0.4 is 0 Å². The highest BCUT2D eigenvalue weighted by Gasteiger charge is 2.10. The molecule has 0 N–H and O–H groups in total. The summed E-state index contributed by atoms with van der Waals surface area (Å²) in [6.45, 7) is 4.57. The molecule has 0 aliphatic rings. The van der Waals surface area contributed by atoms with Crippen molar-refractivity contribution >= 4 is 0 Å². The van der Waals surface area contributed by atoms with Crippen LogP contribution >= 0.6 is 0 Å². The summed E-state index contributed by atoms with van der Waals surface area (Å²) in [6.07, 6.45) is 36.9. The summed E-state index contributed by atoms with van der Waals surface area (Å²) in [6, 6.07) is 0.804. The number of rotatable bonds is 23. The quantitative estimate of drug-likeness (QED) is 0.118. The Kier molecular flexibility index (Phi) is 24.2. The fourth-order valence-electron chi connectivity index (χ4n) is 4.19. The summed E-state index contributed by atoms with van der Waals surface area (Å²) in [5, 5.41) is 0. The van der Waals surface area contributed by atoms with Crippen molar-refractivity contribution in [1.82, 2.24) is 4.90 Å². The van der Waals surface area contributed by atoms with Crippen LogP contribution in [0.4, 0.5) is 0 Å². The Balaban J connectivity index is 3.51. The number of unbranched alkanes of at least 4 members (excludes halogenated alkanes) is 14. The predicted octanol–water partition coefficient (Wildman–Crippen LogP) is 9.87. The van der Waals surface area contributed by atoms with E-state index in [0.717, 1.165) is 12.5 Å². The molecule has 1 heteroatoms. The van der Waals surface area contributed by atoms with Crippen molar-refractivity contribution in [2.24, 2.45) is 0 Å². The molecule has 0 aromatic heterocycles. The minimum absolute atomic E-state index is 0.804. The molecule has 0 aliphatic heterocycles. The molecule has 1 unspecified atom stereocenters. The molecular weight excluding hydrogens is 362 g/mol. The van der Waals surface area contributed by atoms with Gasteiger partial charge in [0.2, 0.25) is 0 Å². The lowest BCUT2D eigenvalue weighted by Crippen LogP contribution is -2.27. The van der Waals surface area contributed by atoms with E-state index in [1.54, 1.807) is 0 Å². The zero-order valence-corrected chi connectivity index (χ0v) is 21.5. The van der Waals surface area contributed by atoms with Gasteiger partial charge in [0, 0.05) is 6.04 Å². The zero-order valence-electron chi connectivity index (χ0n) is 21.5. The van der Waals surface area contributed by atoms with Crippen molar-refractivity contribution in [3.05, 3.63) is 24.3 Å². The molecule has 0 heterocycles. The smallest absolute Gasteiger partial charge is 0.00891 e. The highest BCUT2D eigenvalue weighted by atomic mass is 15.1. The van der Waals surface area contributed by atoms with Gasteiger partial charge in [0.25, 0.3) is 0 Å². The standard InChI is InChI=1S/C29H57N/c1-5-7-9-11-13-14-15-16-17-18-19-20-22-24-26-28-29(30(3)4)27-25-23-21-12-10-8-6-2/h13-14,16-17,29H,5-12,15,18-28H2,1-4H3/b14-13-,17-16-. The van der Waals surface area contributed by atoms with E-state index in [2.05, 4.69) is 57.1 Å². The van der Waals surface area contributed by atoms with E-state index in [-0.39, 0.29) is 0 Å². The molecule has 1 atom stereocenters. The minimum atomic E-state index is 0.804. The average Bonchev–Trinajstić information content (AvgIpc) is 2.74. The number of nitrogens with zero attached hydrogens (tertiary/aromatic N) is 1. The van der Waals surface area contributed by atoms with Gasteiger partial charge in [-0.15, -0.1) is 0 Å². The highest BCUT2D eigenvalue weighted by molar-refractivity contribution is 4.92. The van der Waals surface area contributed by atoms with E-state index in [0.29, 0.717) is 0 Å². The topological polar surface area (TPSA) is 3.24 Å². The SMILES string of the molecule is CCCCC/C=C\C/C=C\CCCCCCCC(CCCCCCCCC)N(C)C. The Morgan fingerprint density at radius 3 is 1.40 bits per heavy atom. The third-order valence-corrected chi connectivity index (χ3v) is 6.36. The minimum Gasteiger partial charge on any atom is -0.306 e. The molecular formula is C29H57N. The lowest BCUT2D eigenvalue weighted by Gasteiger charge is -2.24. The molecule has 30 heavy (non-hydrogen) atoms. The monoisotopic (exact) mass is 419 g/mol. The largest absolute Gasteiger partial charge is 0.306 e. The van der Waals surface area contributed by atoms with Gasteiger partial charge in [-0.2, -0.15) is 0 Å². The van der Waals surface area contributed by atoms with Gasteiger partial charge in [-0.05, 0) is 59.0 Å². The van der Waals surface area contributed by atoms with Crippen LogP contribution in [0.15, 0.2) is 24.3 Å². The maximum Gasteiger partial charge on any atom is 0.00891 e. The van der Waals surface area contributed by atoms with Crippen LogP contribution in [0.2, 0.25) is 0 Å². The van der Waals surface area contributed by atoms with E-state index < -0.39 is 0 Å². The van der Waals surface area contributed by atoms with Crippen LogP contribution in [-0.2, 0) is 0 Å². The summed E-state index contributed by atoms with van der Waals surface area (Å²) >= 11 is 0. The van der Waals surface area contributed by atoms with Crippen molar-refractivity contribution in [3.8, 4) is 0 Å². The molecule has 0 bridgehead atoms. The second-order valence-electron chi connectivity index (χ2n) is 9.55. The maximum atomic E-state index is 2.47. The van der Waals surface area contributed by atoms with Crippen molar-refractivity contribution in [2.75, 3.05) is 14.1 Å². The molecule has 0 saturated heterocycles. The summed E-state index contributed by atoms with van der Waals surface area (Å²) in [4.78, 5) is 2.47. The highest BCUT2D eigenvalue weighted by Crippen LogP contribution is 2.17. The number of hydrogen-bond donors (Lipinski definition) is 0. The van der Waals surface area contributed by atoms with E-state index in [4.69, 9.17) is 0 Å². The van der Waals surface area contributed by atoms with Gasteiger partial charge in [-0.1, -0.05) is 122 Å². The summed E-state index contributed by atoms with van der Waals surface area (Å²) in [7, 11) is 4.55. The van der Waals surface area contributed by atoms with Gasteiger partial charge in [-0.25, -0.2) is 0 Å². The van der Waals surface area contributed by atoms with Crippen molar-refractivity contribution in [2.45, 2.75) is 148 Å². The van der Waals surface area contributed by atoms with E-state index in [1.807, 2.05) is 0 Å². The molecule has 0 radical (unpaired) electrons. The van der Waals surface area contributed by atoms with E-state index >= 15 is 0 Å². The predicted molar refractivity (Wildman–Crippen MR) is 139 cm³/mol. The molecule has 0 aliphatic carbocycles. The van der Waals surface area contributed by atoms with Crippen LogP contribution in [0, 0.1) is 0 Å². The first-order chi connectivity index (χ1) is 14.7. The van der Waals surface area contributed by atoms with Crippen LogP contribution in [0.25, 0.3) is 0 Å². The molecule has 1 nitrogen and oxygen atoms in total. The number of allylic oxidation sites excluding steroid dienone is 4. The van der Waals surface area contributed by atoms with Crippen LogP contribution in [0.3, 0.4) is 0 Å². The molecule has 0 saturated carbocycles. The zero-order chi connectivity index (χ0) is 22.1. The molecule has 0 amide bonds. The Morgan fingerprint density at radius 2 is 0.900 bits per heavy atom. The van der Waals surface area contributed by atoms with Crippen LogP contribution in [-0.4, -0.2) is 25.0 Å². The van der Waals surface area contributed by atoms with E-state index in [1.165, 1.54) is 122 Å². The molecule has 0 rings (SSSR count). The Morgan fingerprint density at radius 1 is 0.500 bits per heavy atom. The van der Waals surface area contributed by atoms with Gasteiger partial charge in [0.15, 0.2) is 0 Å². The molecule has 0 aromatic rings. The first-order valence-electron chi connectivity index (χ1n) is 13.7. The maximum absolute atomic E-state index is 2.47. The first kappa shape index (κ1) is 29.4. The summed E-state index contributed by atoms with van der Waals surface area (Å²) in [5.41, 5.74) is 0. The molecule has 0 fully saturated rings. The van der Waals surface area contributed by atoms with Gasteiger partial charge >= 0.3 is 0 Å². The molecule has 178 valence electrons. The Bertz CT molecular complexity index is 369. The van der Waals surface area contributed by atoms with Crippen molar-refractivity contribution in [1.29, 1.82) is 0 Å². The third kappa shape index (κ3) is 22.1. The second kappa shape index (κ2) is 24.7. The van der Waals surface area contributed by atoms with Gasteiger partial charge in [0.05, 0.1) is 0 Å². The number of hydrogen-bond acceptors (Lipinski definition) is 1. The summed E-state index contributed by atoms with van der Waals surface area (Å²) < 4.78 is 0. The van der Waals surface area contributed by atoms with Crippen LogP contribution in [0.1, 0.15) is 142 Å². The lowest BCUT2D eigenvalue weighted by atomic mass is 9.99. The van der Waals surface area contributed by atoms with Gasteiger partial charge in [0.1, 0.15) is 0 Å². The lowest BCUT2D eigenvalue weighted by molar-refractivity contribution is 0.251. The average molecular weight is 420 g/mol. The third-order valence-electron chi connectivity index (χ3n) is 6.36. The van der Waals surface area contributed by atoms with Gasteiger partial charge in [-0.3, -0.25) is 0 Å². The molecule has 0 spiro atoms. The summed E-state index contributed by atoms with van der Waals surface area (Å²) in [5.74, 6) is 0.